The van der Waals surface area contributed by atoms with Crippen LogP contribution in [0.15, 0.2) is 43.0 Å². The molecule has 0 radical (unpaired) electrons. The van der Waals surface area contributed by atoms with E-state index in [2.05, 4.69) is 22.5 Å². The summed E-state index contributed by atoms with van der Waals surface area (Å²) in [7, 11) is 0. The first-order chi connectivity index (χ1) is 14.1. The number of aliphatic hydroxyl groups is 1. The van der Waals surface area contributed by atoms with Crippen LogP contribution in [-0.4, -0.2) is 60.9 Å². The number of β-lactam (4-membered cyclic amide) rings is 1. The molecule has 2 aromatic rings. The number of alkyl halides is 1. The molecule has 1 aromatic carbocycles. The molecular weight excluding hydrogens is 490 g/mol. The Morgan fingerprint density at radius 2 is 2.10 bits per heavy atom. The number of halogens is 1. The molecule has 1 amide bonds. The van der Waals surface area contributed by atoms with Crippen LogP contribution in [0.2, 0.25) is 0 Å². The number of rotatable bonds is 6. The summed E-state index contributed by atoms with van der Waals surface area (Å²) < 4.78 is 3.98. The molecule has 2 saturated heterocycles. The van der Waals surface area contributed by atoms with Gasteiger partial charge in [0.15, 0.2) is 4.32 Å². The Hall–Kier alpha value is -1.68. The molecule has 4 atom stereocenters. The Morgan fingerprint density at radius 1 is 1.40 bits per heavy atom. The number of nitrogens with zero attached hydrogens (tertiary/aromatic N) is 1. The van der Waals surface area contributed by atoms with Crippen molar-refractivity contribution in [3.8, 4) is 0 Å². The number of esters is 1. The van der Waals surface area contributed by atoms with Gasteiger partial charge in [-0.25, -0.2) is 4.79 Å². The predicted molar refractivity (Wildman–Crippen MR) is 121 cm³/mol. The SMILES string of the molecule is C=CCOC(=O)[C@@H]1N2C(=O)C(Br)(C(O)C(=O)c3cc4ccccc4s3)[C@H]2SC1(C)C. The number of thioether (sulfide) groups is 1. The average molecular weight is 510 g/mol. The van der Waals surface area contributed by atoms with Gasteiger partial charge in [-0.15, -0.1) is 23.1 Å². The van der Waals surface area contributed by atoms with Crippen LogP contribution in [0.3, 0.4) is 0 Å². The topological polar surface area (TPSA) is 83.9 Å². The Bertz CT molecular complexity index is 1030. The fourth-order valence-corrected chi connectivity index (χ4v) is 7.51. The summed E-state index contributed by atoms with van der Waals surface area (Å²) in [5, 5.41) is 11.3. The van der Waals surface area contributed by atoms with Gasteiger partial charge in [-0.2, -0.15) is 0 Å². The highest BCUT2D eigenvalue weighted by Gasteiger charge is 2.74. The Balaban J connectivity index is 1.61. The third-order valence-corrected chi connectivity index (χ3v) is 9.70. The first-order valence-electron chi connectivity index (χ1n) is 9.31. The second-order valence-electron chi connectivity index (χ2n) is 7.79. The van der Waals surface area contributed by atoms with E-state index in [-0.39, 0.29) is 6.61 Å². The molecule has 0 aliphatic carbocycles. The normalized spacial score (nSPS) is 28.0. The van der Waals surface area contributed by atoms with Crippen molar-refractivity contribution in [3.63, 3.8) is 0 Å². The second kappa shape index (κ2) is 7.47. The van der Waals surface area contributed by atoms with Crippen molar-refractivity contribution >= 4 is 66.8 Å². The van der Waals surface area contributed by atoms with Gasteiger partial charge >= 0.3 is 5.97 Å². The van der Waals surface area contributed by atoms with Gasteiger partial charge in [0.2, 0.25) is 11.7 Å². The zero-order valence-corrected chi connectivity index (χ0v) is 19.6. The molecule has 2 aliphatic rings. The highest BCUT2D eigenvalue weighted by Crippen LogP contribution is 2.59. The smallest absolute Gasteiger partial charge is 0.330 e. The van der Waals surface area contributed by atoms with Crippen molar-refractivity contribution in [1.82, 2.24) is 4.90 Å². The van der Waals surface area contributed by atoms with E-state index in [4.69, 9.17) is 4.74 Å². The minimum atomic E-state index is -1.58. The standard InChI is InChI=1S/C21H20BrNO5S2/c1-4-9-28-17(26)15-20(2,3)30-19-21(22,18(27)23(15)19)16(25)14(24)13-10-11-7-5-6-8-12(11)29-13/h4-8,10,15-16,19,25H,1,9H2,2-3H3/t15-,16?,19+,21?/m0/s1. The van der Waals surface area contributed by atoms with E-state index in [0.29, 0.717) is 4.88 Å². The predicted octanol–water partition coefficient (Wildman–Crippen LogP) is 3.37. The monoisotopic (exact) mass is 509 g/mol. The zero-order chi connectivity index (χ0) is 21.8. The van der Waals surface area contributed by atoms with E-state index in [1.165, 1.54) is 34.1 Å². The highest BCUT2D eigenvalue weighted by molar-refractivity contribution is 9.10. The second-order valence-corrected chi connectivity index (χ2v) is 11.9. The number of hydrogen-bond acceptors (Lipinski definition) is 7. The number of fused-ring (bicyclic) bond motifs is 2. The number of carbonyl (C=O) groups is 3. The summed E-state index contributed by atoms with van der Waals surface area (Å²) in [5.41, 5.74) is 0. The number of thiophene rings is 1. The number of carbonyl (C=O) groups excluding carboxylic acids is 3. The molecule has 158 valence electrons. The number of hydrogen-bond donors (Lipinski definition) is 1. The van der Waals surface area contributed by atoms with E-state index in [1.807, 2.05) is 38.1 Å². The van der Waals surface area contributed by atoms with Gasteiger partial charge in [0.25, 0.3) is 0 Å². The first-order valence-corrected chi connectivity index (χ1v) is 11.8. The van der Waals surface area contributed by atoms with Gasteiger partial charge < -0.3 is 14.7 Å². The molecule has 6 nitrogen and oxygen atoms in total. The molecular formula is C21H20BrNO5S2. The fraction of sp³-hybridized carbons (Fsp3) is 0.381. The summed E-state index contributed by atoms with van der Waals surface area (Å²) in [6.07, 6.45) is -0.115. The van der Waals surface area contributed by atoms with Gasteiger partial charge in [0.05, 0.1) is 4.88 Å². The number of amides is 1. The van der Waals surface area contributed by atoms with Crippen LogP contribution >= 0.6 is 39.0 Å². The van der Waals surface area contributed by atoms with Crippen LogP contribution in [0.1, 0.15) is 23.5 Å². The number of ketones is 1. The molecule has 30 heavy (non-hydrogen) atoms. The van der Waals surface area contributed by atoms with E-state index < -0.39 is 44.3 Å². The minimum Gasteiger partial charge on any atom is -0.460 e. The first kappa shape index (κ1) is 21.5. The van der Waals surface area contributed by atoms with Crippen molar-refractivity contribution in [1.29, 1.82) is 0 Å². The van der Waals surface area contributed by atoms with Gasteiger partial charge in [0, 0.05) is 9.45 Å². The number of benzene rings is 1. The van der Waals surface area contributed by atoms with Gasteiger partial charge in [-0.1, -0.05) is 46.8 Å². The number of aliphatic hydroxyl groups excluding tert-OH is 1. The molecule has 2 fully saturated rings. The van der Waals surface area contributed by atoms with Crippen molar-refractivity contribution < 1.29 is 24.2 Å². The number of Topliss-reactive ketones (excluding diaryl/α,β-unsaturated/α-hetero) is 1. The quantitative estimate of drug-likeness (QED) is 0.211. The summed E-state index contributed by atoms with van der Waals surface area (Å²) in [6.45, 7) is 7.27. The molecule has 2 unspecified atom stereocenters. The zero-order valence-electron chi connectivity index (χ0n) is 16.3. The highest BCUT2D eigenvalue weighted by atomic mass is 79.9. The van der Waals surface area contributed by atoms with Crippen molar-refractivity contribution in [2.24, 2.45) is 0 Å². The lowest BCUT2D eigenvalue weighted by Crippen LogP contribution is -2.75. The average Bonchev–Trinajstić information content (AvgIpc) is 3.27. The summed E-state index contributed by atoms with van der Waals surface area (Å²) in [4.78, 5) is 40.5. The summed E-state index contributed by atoms with van der Waals surface area (Å²) >= 11 is 6.03. The van der Waals surface area contributed by atoms with Crippen LogP contribution in [0.4, 0.5) is 0 Å². The Morgan fingerprint density at radius 3 is 2.77 bits per heavy atom. The van der Waals surface area contributed by atoms with Crippen LogP contribution < -0.4 is 0 Å². The van der Waals surface area contributed by atoms with E-state index >= 15 is 0 Å². The molecule has 3 heterocycles. The third kappa shape index (κ3) is 3.05. The van der Waals surface area contributed by atoms with E-state index in [0.717, 1.165) is 10.1 Å². The van der Waals surface area contributed by atoms with Crippen LogP contribution in [0.25, 0.3) is 10.1 Å². The molecule has 9 heteroatoms. The van der Waals surface area contributed by atoms with Crippen molar-refractivity contribution in [2.45, 2.75) is 40.4 Å². The molecule has 4 rings (SSSR count). The van der Waals surface area contributed by atoms with Gasteiger partial charge in [-0.05, 0) is 31.4 Å². The maximum absolute atomic E-state index is 13.1. The maximum Gasteiger partial charge on any atom is 0.330 e. The van der Waals surface area contributed by atoms with E-state index in [9.17, 15) is 19.5 Å². The maximum atomic E-state index is 13.1. The third-order valence-electron chi connectivity index (χ3n) is 5.41. The van der Waals surface area contributed by atoms with Gasteiger partial charge in [-0.3, -0.25) is 9.59 Å². The molecule has 0 spiro atoms. The van der Waals surface area contributed by atoms with Crippen LogP contribution in [-0.2, 0) is 14.3 Å². The summed E-state index contributed by atoms with van der Waals surface area (Å²) in [6, 6.07) is 8.47. The number of ether oxygens (including phenoxy) is 1. The lowest BCUT2D eigenvalue weighted by Gasteiger charge is -2.51. The summed E-state index contributed by atoms with van der Waals surface area (Å²) in [5.74, 6) is -1.53. The molecule has 0 bridgehead atoms. The molecule has 0 saturated carbocycles. The lowest BCUT2D eigenvalue weighted by atomic mass is 9.85. The van der Waals surface area contributed by atoms with E-state index in [1.54, 1.807) is 6.07 Å². The Labute approximate surface area is 190 Å². The Kier molecular flexibility index (Phi) is 5.37. The minimum absolute atomic E-state index is 0.0509. The van der Waals surface area contributed by atoms with Crippen LogP contribution in [0, 0.1) is 0 Å². The van der Waals surface area contributed by atoms with Crippen molar-refractivity contribution in [3.05, 3.63) is 47.9 Å². The molecule has 1 aromatic heterocycles. The molecule has 1 N–H and O–H groups in total. The van der Waals surface area contributed by atoms with Gasteiger partial charge in [0.1, 0.15) is 24.1 Å². The van der Waals surface area contributed by atoms with Crippen LogP contribution in [0.5, 0.6) is 0 Å². The lowest BCUT2D eigenvalue weighted by molar-refractivity contribution is -0.165. The van der Waals surface area contributed by atoms with Crippen molar-refractivity contribution in [2.75, 3.05) is 6.61 Å². The molecule has 2 aliphatic heterocycles. The fourth-order valence-electron chi connectivity index (χ4n) is 3.93. The largest absolute Gasteiger partial charge is 0.460 e.